The Kier molecular flexibility index (Phi) is 7.16. The lowest BCUT2D eigenvalue weighted by Crippen LogP contribution is -2.49. The van der Waals surface area contributed by atoms with Crippen molar-refractivity contribution in [3.05, 3.63) is 77.3 Å². The fourth-order valence-electron chi connectivity index (χ4n) is 4.37. The van der Waals surface area contributed by atoms with Crippen molar-refractivity contribution in [2.24, 2.45) is 0 Å². The zero-order valence-corrected chi connectivity index (χ0v) is 22.0. The Bertz CT molecular complexity index is 1380. The fourth-order valence-corrected chi connectivity index (χ4v) is 7.24. The molecule has 1 amide bonds. The summed E-state index contributed by atoms with van der Waals surface area (Å²) in [6.45, 7) is -0.0671. The average molecular weight is 549 g/mol. The normalized spacial score (nSPS) is 21.1. The summed E-state index contributed by atoms with van der Waals surface area (Å²) in [6.07, 6.45) is -0.409. The molecular weight excluding hydrogens is 524 g/mol. The second-order valence-electron chi connectivity index (χ2n) is 8.83. The summed E-state index contributed by atoms with van der Waals surface area (Å²) >= 11 is 6.98. The van der Waals surface area contributed by atoms with Gasteiger partial charge in [-0.25, -0.2) is 13.2 Å². The first kappa shape index (κ1) is 26.2. The van der Waals surface area contributed by atoms with E-state index in [2.05, 4.69) is 4.72 Å². The summed E-state index contributed by atoms with van der Waals surface area (Å²) in [7, 11) is -1.10. The lowest BCUT2D eigenvalue weighted by molar-refractivity contribution is -0.140. The fraction of sp³-hybridized carbons (Fsp3) is 0.280. The van der Waals surface area contributed by atoms with Gasteiger partial charge in [-0.05, 0) is 48.2 Å². The van der Waals surface area contributed by atoms with E-state index in [1.807, 2.05) is 0 Å². The highest BCUT2D eigenvalue weighted by atomic mass is 35.5. The number of hydrogen-bond acceptors (Lipinski definition) is 6. The number of halogens is 1. The molecule has 0 bridgehead atoms. The Morgan fingerprint density at radius 2 is 1.75 bits per heavy atom. The number of carbonyl (C=O) groups is 2. The number of thiophene rings is 1. The Hall–Kier alpha value is -2.92. The van der Waals surface area contributed by atoms with E-state index >= 15 is 0 Å². The monoisotopic (exact) mass is 548 g/mol. The number of nitrogens with one attached hydrogen (secondary N) is 1. The highest BCUT2D eigenvalue weighted by Gasteiger charge is 2.74. The molecule has 11 heteroatoms. The predicted molar refractivity (Wildman–Crippen MR) is 138 cm³/mol. The maximum absolute atomic E-state index is 13.4. The van der Waals surface area contributed by atoms with E-state index in [0.29, 0.717) is 15.5 Å². The first-order valence-corrected chi connectivity index (χ1v) is 13.7. The molecule has 1 saturated carbocycles. The van der Waals surface area contributed by atoms with Crippen LogP contribution in [-0.2, 0) is 25.0 Å². The van der Waals surface area contributed by atoms with Crippen molar-refractivity contribution in [1.29, 1.82) is 0 Å². The van der Waals surface area contributed by atoms with Crippen molar-refractivity contribution in [2.45, 2.75) is 28.0 Å². The van der Waals surface area contributed by atoms with Gasteiger partial charge in [0, 0.05) is 29.4 Å². The third-order valence-corrected chi connectivity index (χ3v) is 9.73. The van der Waals surface area contributed by atoms with Crippen molar-refractivity contribution in [2.75, 3.05) is 20.7 Å². The van der Waals surface area contributed by atoms with Gasteiger partial charge in [-0.2, -0.15) is 4.72 Å². The first-order valence-electron chi connectivity index (χ1n) is 11.0. The smallest absolute Gasteiger partial charge is 0.409 e. The van der Waals surface area contributed by atoms with Gasteiger partial charge in [-0.1, -0.05) is 54.1 Å². The molecule has 190 valence electrons. The third kappa shape index (κ3) is 4.86. The second kappa shape index (κ2) is 9.85. The van der Waals surface area contributed by atoms with Crippen LogP contribution < -0.4 is 4.72 Å². The van der Waals surface area contributed by atoms with Crippen LogP contribution in [0.15, 0.2) is 70.9 Å². The Morgan fingerprint density at radius 1 is 1.08 bits per heavy atom. The van der Waals surface area contributed by atoms with E-state index in [-0.39, 0.29) is 23.7 Å². The van der Waals surface area contributed by atoms with E-state index in [4.69, 9.17) is 16.3 Å². The summed E-state index contributed by atoms with van der Waals surface area (Å²) in [5.41, 5.74) is -1.42. The van der Waals surface area contributed by atoms with E-state index in [9.17, 15) is 23.1 Å². The summed E-state index contributed by atoms with van der Waals surface area (Å²) in [6, 6.07) is 19.0. The quantitative estimate of drug-likeness (QED) is 0.404. The van der Waals surface area contributed by atoms with Crippen molar-refractivity contribution in [3.8, 4) is 10.4 Å². The topological polar surface area (TPSA) is 113 Å². The molecular formula is C25H25ClN2O6S2. The van der Waals surface area contributed by atoms with Crippen LogP contribution in [0.3, 0.4) is 0 Å². The number of rotatable bonds is 9. The minimum Gasteiger partial charge on any atom is -0.480 e. The number of ether oxygens (including phenoxy) is 1. The van der Waals surface area contributed by atoms with E-state index in [1.165, 1.54) is 11.0 Å². The van der Waals surface area contributed by atoms with Gasteiger partial charge in [0.25, 0.3) is 10.0 Å². The van der Waals surface area contributed by atoms with Gasteiger partial charge in [-0.15, -0.1) is 11.3 Å². The van der Waals surface area contributed by atoms with Crippen LogP contribution in [-0.4, -0.2) is 56.7 Å². The maximum atomic E-state index is 13.4. The van der Waals surface area contributed by atoms with Crippen LogP contribution in [0, 0.1) is 0 Å². The minimum absolute atomic E-state index is 0.000900. The van der Waals surface area contributed by atoms with Gasteiger partial charge in [-0.3, -0.25) is 4.79 Å². The molecule has 0 aliphatic heterocycles. The molecule has 0 spiro atoms. The van der Waals surface area contributed by atoms with Crippen LogP contribution in [0.1, 0.15) is 18.4 Å². The molecule has 1 aliphatic rings. The number of benzene rings is 2. The van der Waals surface area contributed by atoms with Gasteiger partial charge in [0.1, 0.15) is 9.75 Å². The van der Waals surface area contributed by atoms with Crippen molar-refractivity contribution < 1.29 is 27.9 Å². The van der Waals surface area contributed by atoms with Gasteiger partial charge < -0.3 is 14.7 Å². The molecule has 36 heavy (non-hydrogen) atoms. The number of aliphatic carboxylic acids is 1. The van der Waals surface area contributed by atoms with Gasteiger partial charge >= 0.3 is 12.1 Å². The molecule has 8 nitrogen and oxygen atoms in total. The van der Waals surface area contributed by atoms with Gasteiger partial charge in [0.2, 0.25) is 0 Å². The zero-order valence-electron chi connectivity index (χ0n) is 19.6. The van der Waals surface area contributed by atoms with Crippen LogP contribution >= 0.6 is 22.9 Å². The Labute approximate surface area is 218 Å². The third-order valence-electron chi connectivity index (χ3n) is 6.35. The van der Waals surface area contributed by atoms with Crippen molar-refractivity contribution >= 4 is 45.0 Å². The molecule has 3 aromatic rings. The largest absolute Gasteiger partial charge is 0.480 e. The summed E-state index contributed by atoms with van der Waals surface area (Å²) in [5, 5.41) is 10.8. The molecule has 1 fully saturated rings. The van der Waals surface area contributed by atoms with E-state index in [0.717, 1.165) is 16.9 Å². The summed E-state index contributed by atoms with van der Waals surface area (Å²) in [5.74, 6) is -1.29. The van der Waals surface area contributed by atoms with E-state index in [1.54, 1.807) is 74.8 Å². The molecule has 4 rings (SSSR count). The molecule has 1 aromatic heterocycles. The van der Waals surface area contributed by atoms with Gasteiger partial charge in [0.05, 0.1) is 6.61 Å². The zero-order chi connectivity index (χ0) is 26.1. The number of carboxylic acid groups (broad SMARTS) is 1. The van der Waals surface area contributed by atoms with Crippen molar-refractivity contribution in [1.82, 2.24) is 9.62 Å². The number of nitrogens with zero attached hydrogens (tertiary/aromatic N) is 1. The molecule has 2 atom stereocenters. The second-order valence-corrected chi connectivity index (χ2v) is 12.3. The van der Waals surface area contributed by atoms with Crippen LogP contribution in [0.5, 0.6) is 0 Å². The van der Waals surface area contributed by atoms with Crippen LogP contribution in [0.25, 0.3) is 10.4 Å². The van der Waals surface area contributed by atoms with Gasteiger partial charge in [0.15, 0.2) is 0 Å². The molecule has 1 heterocycles. The SMILES string of the molecule is CN(C)C(=O)OCCC1(c2ccccc2)CC1(NS(=O)(=O)c1ccc(-c2ccc(Cl)cc2)s1)C(=O)O. The predicted octanol–water partition coefficient (Wildman–Crippen LogP) is 4.60. The Morgan fingerprint density at radius 3 is 2.36 bits per heavy atom. The lowest BCUT2D eigenvalue weighted by atomic mass is 9.87. The average Bonchev–Trinajstić information content (AvgIpc) is 3.22. The number of carbonyl (C=O) groups excluding carboxylic acids is 1. The number of carboxylic acids is 1. The lowest BCUT2D eigenvalue weighted by Gasteiger charge is -2.24. The molecule has 0 radical (unpaired) electrons. The van der Waals surface area contributed by atoms with E-state index < -0.39 is 33.0 Å². The molecule has 1 aliphatic carbocycles. The highest BCUT2D eigenvalue weighted by molar-refractivity contribution is 7.91. The highest BCUT2D eigenvalue weighted by Crippen LogP contribution is 2.61. The molecule has 0 saturated heterocycles. The number of amides is 1. The molecule has 2 unspecified atom stereocenters. The number of hydrogen-bond donors (Lipinski definition) is 2. The standard InChI is InChI=1S/C25H25ClN2O6S2/c1-28(2)23(31)34-15-14-24(18-6-4-3-5-7-18)16-25(24,22(29)30)27-36(32,33)21-13-12-20(35-21)17-8-10-19(26)11-9-17/h3-13,27H,14-16H2,1-2H3,(H,29,30). The Balaban J connectivity index is 1.64. The maximum Gasteiger partial charge on any atom is 0.409 e. The van der Waals surface area contributed by atoms with Crippen LogP contribution in [0.2, 0.25) is 5.02 Å². The summed E-state index contributed by atoms with van der Waals surface area (Å²) in [4.78, 5) is 26.5. The minimum atomic E-state index is -4.18. The summed E-state index contributed by atoms with van der Waals surface area (Å²) < 4.78 is 34.6. The first-order chi connectivity index (χ1) is 17.0. The molecule has 2 aromatic carbocycles. The number of sulfonamides is 1. The molecule has 2 N–H and O–H groups in total. The van der Waals surface area contributed by atoms with Crippen LogP contribution in [0.4, 0.5) is 4.79 Å². The van der Waals surface area contributed by atoms with Crippen molar-refractivity contribution in [3.63, 3.8) is 0 Å².